The number of aryl methyl sites for hydroxylation is 2. The third-order valence-corrected chi connectivity index (χ3v) is 4.85. The molecule has 4 aromatic rings. The van der Waals surface area contributed by atoms with E-state index in [1.54, 1.807) is 0 Å². The number of anilines is 2. The zero-order valence-corrected chi connectivity index (χ0v) is 17.2. The molecule has 0 aliphatic rings. The molecule has 1 N–H and O–H groups in total. The molecule has 0 aromatic heterocycles. The molecule has 148 valence electrons. The molecule has 0 spiro atoms. The van der Waals surface area contributed by atoms with Crippen molar-refractivity contribution in [2.45, 2.75) is 13.8 Å². The van der Waals surface area contributed by atoms with Crippen LogP contribution in [0.15, 0.2) is 102 Å². The highest BCUT2D eigenvalue weighted by Crippen LogP contribution is 2.27. The Morgan fingerprint density at radius 1 is 0.667 bits per heavy atom. The van der Waals surface area contributed by atoms with Crippen LogP contribution in [0.5, 0.6) is 11.5 Å². The first kappa shape index (κ1) is 19.5. The van der Waals surface area contributed by atoms with Crippen LogP contribution in [-0.2, 0) is 0 Å². The smallest absolute Gasteiger partial charge is 0.127 e. The van der Waals surface area contributed by atoms with Crippen molar-refractivity contribution in [1.29, 1.82) is 0 Å². The summed E-state index contributed by atoms with van der Waals surface area (Å²) in [4.78, 5) is 4.75. The Bertz CT molecular complexity index is 1130. The van der Waals surface area contributed by atoms with E-state index in [9.17, 15) is 0 Å². The summed E-state index contributed by atoms with van der Waals surface area (Å²) in [5.74, 6) is 1.63. The topological polar surface area (TPSA) is 33.6 Å². The van der Waals surface area contributed by atoms with E-state index in [4.69, 9.17) is 9.73 Å². The van der Waals surface area contributed by atoms with Crippen LogP contribution in [0.1, 0.15) is 16.7 Å². The summed E-state index contributed by atoms with van der Waals surface area (Å²) in [6.45, 7) is 4.17. The molecule has 0 aliphatic heterocycles. The van der Waals surface area contributed by atoms with E-state index in [0.29, 0.717) is 0 Å². The van der Waals surface area contributed by atoms with E-state index in [2.05, 4.69) is 49.5 Å². The van der Waals surface area contributed by atoms with Gasteiger partial charge in [-0.15, -0.1) is 0 Å². The molecule has 0 heterocycles. The van der Waals surface area contributed by atoms with Gasteiger partial charge in [-0.1, -0.05) is 54.6 Å². The molecule has 3 heteroatoms. The number of rotatable bonds is 6. The highest BCUT2D eigenvalue weighted by Gasteiger charge is 2.03. The summed E-state index contributed by atoms with van der Waals surface area (Å²) in [6.07, 6.45) is 1.92. The van der Waals surface area contributed by atoms with Crippen LogP contribution in [0.4, 0.5) is 17.1 Å². The predicted molar refractivity (Wildman–Crippen MR) is 126 cm³/mol. The van der Waals surface area contributed by atoms with Gasteiger partial charge in [0.1, 0.15) is 11.5 Å². The summed E-state index contributed by atoms with van der Waals surface area (Å²) >= 11 is 0. The Labute approximate surface area is 177 Å². The summed E-state index contributed by atoms with van der Waals surface area (Å²) in [6, 6.07) is 32.1. The number of nitrogens with one attached hydrogen (secondary N) is 1. The molecule has 30 heavy (non-hydrogen) atoms. The minimum atomic E-state index is 0.802. The molecule has 0 atom stereocenters. The lowest BCUT2D eigenvalue weighted by molar-refractivity contribution is 0.483. The van der Waals surface area contributed by atoms with Crippen molar-refractivity contribution in [3.63, 3.8) is 0 Å². The van der Waals surface area contributed by atoms with Gasteiger partial charge in [0.05, 0.1) is 5.69 Å². The maximum atomic E-state index is 5.87. The zero-order valence-electron chi connectivity index (χ0n) is 17.2. The first-order chi connectivity index (χ1) is 14.7. The van der Waals surface area contributed by atoms with Crippen molar-refractivity contribution >= 4 is 23.3 Å². The third-order valence-electron chi connectivity index (χ3n) is 4.85. The summed E-state index contributed by atoms with van der Waals surface area (Å²) < 4.78 is 5.87. The van der Waals surface area contributed by atoms with Crippen LogP contribution in [0.2, 0.25) is 0 Å². The fourth-order valence-electron chi connectivity index (χ4n) is 3.25. The van der Waals surface area contributed by atoms with Crippen LogP contribution < -0.4 is 10.1 Å². The van der Waals surface area contributed by atoms with Crippen LogP contribution in [0.25, 0.3) is 0 Å². The lowest BCUT2D eigenvalue weighted by atomic mass is 10.1. The van der Waals surface area contributed by atoms with Gasteiger partial charge >= 0.3 is 0 Å². The van der Waals surface area contributed by atoms with Crippen molar-refractivity contribution in [2.75, 3.05) is 5.32 Å². The second-order valence-corrected chi connectivity index (χ2v) is 7.15. The van der Waals surface area contributed by atoms with E-state index in [1.165, 1.54) is 11.1 Å². The first-order valence-electron chi connectivity index (χ1n) is 9.98. The van der Waals surface area contributed by atoms with Gasteiger partial charge in [0.15, 0.2) is 0 Å². The van der Waals surface area contributed by atoms with Gasteiger partial charge < -0.3 is 10.1 Å². The van der Waals surface area contributed by atoms with E-state index >= 15 is 0 Å². The quantitative estimate of drug-likeness (QED) is 0.343. The normalized spacial score (nSPS) is 10.9. The van der Waals surface area contributed by atoms with E-state index in [-0.39, 0.29) is 0 Å². The molecule has 0 saturated heterocycles. The van der Waals surface area contributed by atoms with Gasteiger partial charge in [-0.05, 0) is 67.4 Å². The lowest BCUT2D eigenvalue weighted by Gasteiger charge is -2.11. The number of benzene rings is 4. The molecule has 0 saturated carbocycles. The van der Waals surface area contributed by atoms with Crippen LogP contribution in [-0.4, -0.2) is 6.21 Å². The Balaban J connectivity index is 1.51. The largest absolute Gasteiger partial charge is 0.457 e. The lowest BCUT2D eigenvalue weighted by Crippen LogP contribution is -1.95. The highest BCUT2D eigenvalue weighted by atomic mass is 16.5. The minimum Gasteiger partial charge on any atom is -0.457 e. The van der Waals surface area contributed by atoms with Gasteiger partial charge in [0.2, 0.25) is 0 Å². The van der Waals surface area contributed by atoms with Crippen molar-refractivity contribution in [1.82, 2.24) is 0 Å². The summed E-state index contributed by atoms with van der Waals surface area (Å²) in [5, 5.41) is 3.48. The van der Waals surface area contributed by atoms with Gasteiger partial charge in [0, 0.05) is 23.2 Å². The maximum absolute atomic E-state index is 5.87. The van der Waals surface area contributed by atoms with Crippen molar-refractivity contribution in [2.24, 2.45) is 4.99 Å². The minimum absolute atomic E-state index is 0.802. The second-order valence-electron chi connectivity index (χ2n) is 7.15. The number of hydrogen-bond acceptors (Lipinski definition) is 3. The molecule has 3 nitrogen and oxygen atoms in total. The molecular weight excluding hydrogens is 368 g/mol. The molecule has 0 amide bonds. The van der Waals surface area contributed by atoms with Crippen molar-refractivity contribution in [3.05, 3.63) is 114 Å². The average molecular weight is 393 g/mol. The van der Waals surface area contributed by atoms with Crippen molar-refractivity contribution in [3.8, 4) is 11.5 Å². The van der Waals surface area contributed by atoms with E-state index in [0.717, 1.165) is 34.1 Å². The Morgan fingerprint density at radius 2 is 1.30 bits per heavy atom. The molecule has 4 rings (SSSR count). The Hall–Kier alpha value is -3.85. The monoisotopic (exact) mass is 392 g/mol. The summed E-state index contributed by atoms with van der Waals surface area (Å²) in [7, 11) is 0. The highest BCUT2D eigenvalue weighted by molar-refractivity contribution is 5.90. The van der Waals surface area contributed by atoms with Gasteiger partial charge in [-0.3, -0.25) is 4.99 Å². The fourth-order valence-corrected chi connectivity index (χ4v) is 3.25. The molecule has 0 bridgehead atoms. The number of aliphatic imine (C=N–C) groups is 1. The number of ether oxygens (including phenoxy) is 1. The third kappa shape index (κ3) is 4.76. The Kier molecular flexibility index (Phi) is 5.90. The second kappa shape index (κ2) is 9.10. The van der Waals surface area contributed by atoms with Crippen LogP contribution in [0, 0.1) is 13.8 Å². The molecular formula is C27H24N2O. The predicted octanol–water partition coefficient (Wildman–Crippen LogP) is 7.59. The van der Waals surface area contributed by atoms with Gasteiger partial charge in [0.25, 0.3) is 0 Å². The Morgan fingerprint density at radius 3 is 2.03 bits per heavy atom. The number of nitrogens with zero attached hydrogens (tertiary/aromatic N) is 1. The zero-order chi connectivity index (χ0) is 20.8. The fraction of sp³-hybridized carbons (Fsp3) is 0.0741. The number of para-hydroxylation sites is 3. The average Bonchev–Trinajstić information content (AvgIpc) is 2.76. The molecule has 0 aliphatic carbocycles. The molecule has 4 aromatic carbocycles. The SMILES string of the molecule is Cc1cccc(C)c1N=Cc1ccccc1Nc1ccc(Oc2ccccc2)cc1. The summed E-state index contributed by atoms with van der Waals surface area (Å²) in [5.41, 5.74) is 6.39. The van der Waals surface area contributed by atoms with Crippen LogP contribution >= 0.6 is 0 Å². The standard InChI is InChI=1S/C27H24N2O/c1-20-9-8-10-21(2)27(20)28-19-22-11-6-7-14-26(22)29-23-15-17-25(18-16-23)30-24-12-4-3-5-13-24/h3-19,29H,1-2H3. The number of hydrogen-bond donors (Lipinski definition) is 1. The maximum Gasteiger partial charge on any atom is 0.127 e. The molecule has 0 fully saturated rings. The van der Waals surface area contributed by atoms with Gasteiger partial charge in [-0.2, -0.15) is 0 Å². The molecule has 0 unspecified atom stereocenters. The van der Waals surface area contributed by atoms with Gasteiger partial charge in [-0.25, -0.2) is 0 Å². The van der Waals surface area contributed by atoms with Crippen LogP contribution in [0.3, 0.4) is 0 Å². The van der Waals surface area contributed by atoms with Crippen molar-refractivity contribution < 1.29 is 4.74 Å². The first-order valence-corrected chi connectivity index (χ1v) is 9.98. The van der Waals surface area contributed by atoms with E-state index < -0.39 is 0 Å². The van der Waals surface area contributed by atoms with E-state index in [1.807, 2.05) is 72.9 Å². The molecule has 0 radical (unpaired) electrons.